The molecule has 3 heterocycles. The Balaban J connectivity index is 1.76. The van der Waals surface area contributed by atoms with Crippen molar-refractivity contribution in [1.82, 2.24) is 25.1 Å². The molecule has 9 heteroatoms. The van der Waals surface area contributed by atoms with Gasteiger partial charge in [-0.05, 0) is 18.6 Å². The number of rotatable bonds is 5. The summed E-state index contributed by atoms with van der Waals surface area (Å²) in [5.74, 6) is -0.000895. The third-order valence-corrected chi connectivity index (χ3v) is 4.66. The van der Waals surface area contributed by atoms with Crippen molar-refractivity contribution < 1.29 is 14.7 Å². The Morgan fingerprint density at radius 2 is 2.10 bits per heavy atom. The number of carbonyl (C=O) groups is 2. The van der Waals surface area contributed by atoms with Crippen LogP contribution in [-0.4, -0.2) is 49.3 Å². The van der Waals surface area contributed by atoms with Crippen LogP contribution in [0.4, 0.5) is 5.82 Å². The average Bonchev–Trinajstić information content (AvgIpc) is 3.31. The smallest absolute Gasteiger partial charge is 0.270 e. The number of aromatic nitrogens is 4. The monoisotopic (exact) mass is 392 g/mol. The Kier molecular flexibility index (Phi) is 4.81. The van der Waals surface area contributed by atoms with Gasteiger partial charge >= 0.3 is 0 Å². The highest BCUT2D eigenvalue weighted by atomic mass is 16.3. The van der Waals surface area contributed by atoms with E-state index in [1.165, 1.54) is 11.0 Å². The predicted octanol–water partition coefficient (Wildman–Crippen LogP) is 1.15. The summed E-state index contributed by atoms with van der Waals surface area (Å²) in [5, 5.41) is 16.0. The van der Waals surface area contributed by atoms with Crippen molar-refractivity contribution in [3.63, 3.8) is 0 Å². The molecule has 0 radical (unpaired) electrons. The van der Waals surface area contributed by atoms with E-state index in [1.807, 2.05) is 18.2 Å². The Bertz CT molecular complexity index is 1090. The van der Waals surface area contributed by atoms with Crippen LogP contribution in [0, 0.1) is 0 Å². The van der Waals surface area contributed by atoms with Crippen molar-refractivity contribution in [2.24, 2.45) is 7.05 Å². The van der Waals surface area contributed by atoms with Gasteiger partial charge in [0.2, 0.25) is 0 Å². The second kappa shape index (κ2) is 7.44. The van der Waals surface area contributed by atoms with E-state index >= 15 is 0 Å². The van der Waals surface area contributed by atoms with Gasteiger partial charge < -0.3 is 10.4 Å². The Hall–Kier alpha value is -3.59. The fourth-order valence-corrected chi connectivity index (χ4v) is 3.14. The molecule has 0 saturated heterocycles. The van der Waals surface area contributed by atoms with Crippen LogP contribution in [0.1, 0.15) is 33.3 Å². The number of hydrogen-bond donors (Lipinski definition) is 2. The zero-order valence-corrected chi connectivity index (χ0v) is 16.0. The van der Waals surface area contributed by atoms with E-state index < -0.39 is 11.9 Å². The van der Waals surface area contributed by atoms with E-state index in [-0.39, 0.29) is 18.2 Å². The first-order valence-electron chi connectivity index (χ1n) is 9.16. The van der Waals surface area contributed by atoms with Crippen LogP contribution in [0.3, 0.4) is 0 Å². The summed E-state index contributed by atoms with van der Waals surface area (Å²) >= 11 is 0. The number of amides is 2. The van der Waals surface area contributed by atoms with Crippen LogP contribution < -0.4 is 10.2 Å². The summed E-state index contributed by atoms with van der Waals surface area (Å²) in [6.07, 6.45) is 3.33. The first-order valence-corrected chi connectivity index (χ1v) is 9.16. The number of carbonyl (C=O) groups excluding carboxylic acids is 2. The van der Waals surface area contributed by atoms with Crippen LogP contribution in [0.2, 0.25) is 0 Å². The quantitative estimate of drug-likeness (QED) is 0.673. The fourth-order valence-electron chi connectivity index (χ4n) is 3.14. The Labute approximate surface area is 167 Å². The van der Waals surface area contributed by atoms with Gasteiger partial charge in [-0.1, -0.05) is 18.2 Å². The van der Waals surface area contributed by atoms with E-state index in [4.69, 9.17) is 0 Å². The van der Waals surface area contributed by atoms with E-state index in [0.717, 1.165) is 5.56 Å². The van der Waals surface area contributed by atoms with Crippen LogP contribution in [0.15, 0.2) is 42.7 Å². The lowest BCUT2D eigenvalue weighted by molar-refractivity contribution is 0.0915. The van der Waals surface area contributed by atoms with Crippen molar-refractivity contribution >= 4 is 17.6 Å². The molecule has 2 aromatic heterocycles. The molecule has 2 amide bonds. The van der Waals surface area contributed by atoms with Crippen molar-refractivity contribution in [2.75, 3.05) is 11.5 Å². The summed E-state index contributed by atoms with van der Waals surface area (Å²) in [5.41, 5.74) is 2.26. The highest BCUT2D eigenvalue weighted by Gasteiger charge is 2.30. The van der Waals surface area contributed by atoms with E-state index in [9.17, 15) is 14.7 Å². The number of aliphatic hydroxyl groups excluding tert-OH is 1. The molecule has 2 N–H and O–H groups in total. The molecule has 4 rings (SSSR count). The minimum absolute atomic E-state index is 0.109. The Morgan fingerprint density at radius 3 is 2.79 bits per heavy atom. The maximum Gasteiger partial charge on any atom is 0.270 e. The predicted molar refractivity (Wildman–Crippen MR) is 105 cm³/mol. The van der Waals surface area contributed by atoms with Gasteiger partial charge in [0.1, 0.15) is 11.5 Å². The summed E-state index contributed by atoms with van der Waals surface area (Å²) in [6.45, 7) is 1.86. The van der Waals surface area contributed by atoms with Gasteiger partial charge in [-0.3, -0.25) is 19.2 Å². The SMILES string of the molecule is C[C@@H](CO)NC(=O)c1cc(N2Cc3ccccc3C2=O)nc(-c2cnn(C)c2)n1. The van der Waals surface area contributed by atoms with Crippen molar-refractivity contribution in [2.45, 2.75) is 19.5 Å². The molecule has 0 saturated carbocycles. The maximum absolute atomic E-state index is 12.9. The molecule has 1 aliphatic rings. The van der Waals surface area contributed by atoms with Gasteiger partial charge in [0.25, 0.3) is 11.8 Å². The first-order chi connectivity index (χ1) is 14.0. The summed E-state index contributed by atoms with van der Waals surface area (Å²) in [4.78, 5) is 35.9. The molecule has 0 bridgehead atoms. The zero-order valence-electron chi connectivity index (χ0n) is 16.0. The summed E-state index contributed by atoms with van der Waals surface area (Å²) in [6, 6.07) is 8.43. The topological polar surface area (TPSA) is 113 Å². The van der Waals surface area contributed by atoms with Gasteiger partial charge in [-0.15, -0.1) is 0 Å². The molecule has 0 unspecified atom stereocenters. The minimum atomic E-state index is -0.454. The lowest BCUT2D eigenvalue weighted by atomic mass is 10.1. The highest BCUT2D eigenvalue weighted by Crippen LogP contribution is 2.28. The van der Waals surface area contributed by atoms with Crippen LogP contribution in [0.5, 0.6) is 0 Å². The highest BCUT2D eigenvalue weighted by molar-refractivity contribution is 6.10. The summed E-state index contributed by atoms with van der Waals surface area (Å²) in [7, 11) is 1.77. The maximum atomic E-state index is 12.9. The van der Waals surface area contributed by atoms with E-state index in [0.29, 0.717) is 29.3 Å². The van der Waals surface area contributed by atoms with Crippen LogP contribution in [-0.2, 0) is 13.6 Å². The zero-order chi connectivity index (χ0) is 20.5. The molecular formula is C20H20N6O3. The third kappa shape index (κ3) is 3.59. The van der Waals surface area contributed by atoms with Crippen molar-refractivity contribution in [3.05, 3.63) is 59.5 Å². The molecule has 29 heavy (non-hydrogen) atoms. The van der Waals surface area contributed by atoms with Crippen molar-refractivity contribution in [1.29, 1.82) is 0 Å². The average molecular weight is 392 g/mol. The molecule has 1 aliphatic heterocycles. The van der Waals surface area contributed by atoms with Gasteiger partial charge in [0.05, 0.1) is 24.9 Å². The second-order valence-corrected chi connectivity index (χ2v) is 6.94. The van der Waals surface area contributed by atoms with E-state index in [1.54, 1.807) is 37.1 Å². The molecule has 1 atom stereocenters. The van der Waals surface area contributed by atoms with Gasteiger partial charge in [0.15, 0.2) is 5.82 Å². The molecule has 0 spiro atoms. The molecule has 0 fully saturated rings. The van der Waals surface area contributed by atoms with Crippen LogP contribution >= 0.6 is 0 Å². The fraction of sp³-hybridized carbons (Fsp3) is 0.250. The number of aliphatic hydroxyl groups is 1. The van der Waals surface area contributed by atoms with Gasteiger partial charge in [-0.2, -0.15) is 5.10 Å². The van der Waals surface area contributed by atoms with Gasteiger partial charge in [-0.25, -0.2) is 9.97 Å². The third-order valence-electron chi connectivity index (χ3n) is 4.66. The molecule has 0 aliphatic carbocycles. The first kappa shape index (κ1) is 18.8. The summed E-state index contributed by atoms with van der Waals surface area (Å²) < 4.78 is 1.61. The number of hydrogen-bond acceptors (Lipinski definition) is 6. The number of aryl methyl sites for hydroxylation is 1. The molecule has 3 aromatic rings. The number of anilines is 1. The van der Waals surface area contributed by atoms with Gasteiger partial charge in [0, 0.05) is 30.9 Å². The Morgan fingerprint density at radius 1 is 1.31 bits per heavy atom. The molecule has 9 nitrogen and oxygen atoms in total. The van der Waals surface area contributed by atoms with Crippen LogP contribution in [0.25, 0.3) is 11.4 Å². The molecule has 148 valence electrons. The minimum Gasteiger partial charge on any atom is -0.394 e. The second-order valence-electron chi connectivity index (χ2n) is 6.94. The lowest BCUT2D eigenvalue weighted by Gasteiger charge is -2.17. The lowest BCUT2D eigenvalue weighted by Crippen LogP contribution is -2.36. The number of nitrogens with zero attached hydrogens (tertiary/aromatic N) is 5. The normalized spacial score (nSPS) is 14.0. The van der Waals surface area contributed by atoms with E-state index in [2.05, 4.69) is 20.4 Å². The number of benzene rings is 1. The molecular weight excluding hydrogens is 372 g/mol. The largest absolute Gasteiger partial charge is 0.394 e. The number of nitrogens with one attached hydrogen (secondary N) is 1. The standard InChI is InChI=1S/C20H20N6O3/c1-12(11-27)22-19(28)16-7-17(24-18(23-16)14-8-21-25(2)9-14)26-10-13-5-3-4-6-15(13)20(26)29/h3-9,12,27H,10-11H2,1-2H3,(H,22,28)/t12-/m0/s1. The van der Waals surface area contributed by atoms with Crippen molar-refractivity contribution in [3.8, 4) is 11.4 Å². The molecule has 1 aromatic carbocycles. The number of fused-ring (bicyclic) bond motifs is 1.